The molecule has 2 aromatic carbocycles. The Balaban J connectivity index is 1.31. The molecule has 5 rings (SSSR count). The number of fused-ring (bicyclic) bond motifs is 1. The maximum absolute atomic E-state index is 13.6. The number of nitrogens with two attached hydrogens (primary N) is 1. The molecule has 3 aromatic rings. The van der Waals surface area contributed by atoms with E-state index in [2.05, 4.69) is 15.5 Å². The fraction of sp³-hybridized carbons (Fsp3) is 0.436. The summed E-state index contributed by atoms with van der Waals surface area (Å²) in [5, 5.41) is 23.3. The van der Waals surface area contributed by atoms with Gasteiger partial charge in [-0.2, -0.15) is 0 Å². The number of nitrogens with one attached hydrogen (secondary N) is 4. The Hall–Kier alpha value is -5.10. The molecule has 2 heterocycles. The highest BCUT2D eigenvalue weighted by atomic mass is 16.5. The van der Waals surface area contributed by atoms with E-state index in [1.807, 2.05) is 88.3 Å². The van der Waals surface area contributed by atoms with Gasteiger partial charge in [0.15, 0.2) is 0 Å². The smallest absolute Gasteiger partial charge is 0.320 e. The Morgan fingerprint density at radius 1 is 1.02 bits per heavy atom. The van der Waals surface area contributed by atoms with Gasteiger partial charge in [0.2, 0.25) is 5.96 Å². The molecular formula is C39H53N9O3. The van der Waals surface area contributed by atoms with E-state index in [1.165, 1.54) is 6.42 Å². The summed E-state index contributed by atoms with van der Waals surface area (Å²) in [5.41, 5.74) is 9.51. The molecule has 1 fully saturated rings. The number of amidine groups is 1. The van der Waals surface area contributed by atoms with Gasteiger partial charge in [0.25, 0.3) is 0 Å². The molecule has 0 unspecified atom stereocenters. The highest BCUT2D eigenvalue weighted by Crippen LogP contribution is 2.38. The van der Waals surface area contributed by atoms with Crippen molar-refractivity contribution in [1.29, 1.82) is 10.8 Å². The van der Waals surface area contributed by atoms with Crippen LogP contribution in [0.2, 0.25) is 0 Å². The zero-order chi connectivity index (χ0) is 36.5. The molecule has 2 amide bonds. The predicted molar refractivity (Wildman–Crippen MR) is 202 cm³/mol. The number of likely N-dealkylation sites (N-methyl/N-ethyl adjacent to an activating group) is 1. The Labute approximate surface area is 301 Å². The van der Waals surface area contributed by atoms with Crippen LogP contribution in [0, 0.1) is 16.2 Å². The maximum Gasteiger partial charge on any atom is 0.320 e. The molecule has 6 N–H and O–H groups in total. The van der Waals surface area contributed by atoms with Gasteiger partial charge in [0.05, 0.1) is 17.9 Å². The number of hydrogen-bond donors (Lipinski definition) is 5. The van der Waals surface area contributed by atoms with Gasteiger partial charge in [-0.25, -0.2) is 9.79 Å². The second-order valence-electron chi connectivity index (χ2n) is 14.5. The Bertz CT molecular complexity index is 1800. The van der Waals surface area contributed by atoms with Gasteiger partial charge in [0.1, 0.15) is 35.5 Å². The normalized spacial score (nSPS) is 18.2. The number of likely N-dealkylation sites (tertiary alicyclic amines) is 1. The molecule has 0 saturated carbocycles. The third-order valence-corrected chi connectivity index (χ3v) is 9.10. The number of rotatable bonds is 9. The van der Waals surface area contributed by atoms with Crippen molar-refractivity contribution in [1.82, 2.24) is 25.0 Å². The van der Waals surface area contributed by atoms with Crippen LogP contribution in [0.3, 0.4) is 0 Å². The van der Waals surface area contributed by atoms with E-state index < -0.39 is 6.03 Å². The summed E-state index contributed by atoms with van der Waals surface area (Å²) in [5.74, 6) is 1.90. The van der Waals surface area contributed by atoms with Crippen LogP contribution in [0.5, 0.6) is 11.5 Å². The molecule has 2 aliphatic rings. The van der Waals surface area contributed by atoms with E-state index in [-0.39, 0.29) is 23.0 Å². The summed E-state index contributed by atoms with van der Waals surface area (Å²) in [6.45, 7) is 8.99. The van der Waals surface area contributed by atoms with Crippen molar-refractivity contribution >= 4 is 23.5 Å². The molecule has 51 heavy (non-hydrogen) atoms. The Morgan fingerprint density at radius 3 is 2.49 bits per heavy atom. The van der Waals surface area contributed by atoms with Crippen molar-refractivity contribution in [3.05, 3.63) is 95.2 Å². The number of aromatic nitrogens is 1. The molecule has 272 valence electrons. The lowest BCUT2D eigenvalue weighted by Gasteiger charge is -2.33. The maximum atomic E-state index is 13.6. The summed E-state index contributed by atoms with van der Waals surface area (Å²) in [6.07, 6.45) is 7.77. The lowest BCUT2D eigenvalue weighted by molar-refractivity contribution is 0.171. The molecular weight excluding hydrogens is 642 g/mol. The van der Waals surface area contributed by atoms with E-state index in [0.29, 0.717) is 54.1 Å². The average molecular weight is 696 g/mol. The van der Waals surface area contributed by atoms with Gasteiger partial charge in [-0.3, -0.25) is 20.7 Å². The van der Waals surface area contributed by atoms with Gasteiger partial charge in [-0.1, -0.05) is 51.1 Å². The van der Waals surface area contributed by atoms with Crippen LogP contribution in [0.1, 0.15) is 76.1 Å². The first-order valence-corrected chi connectivity index (χ1v) is 17.8. The molecule has 12 nitrogen and oxygen atoms in total. The van der Waals surface area contributed by atoms with E-state index in [1.54, 1.807) is 29.0 Å². The molecule has 1 aliphatic heterocycles. The van der Waals surface area contributed by atoms with Gasteiger partial charge in [-0.05, 0) is 81.6 Å². The van der Waals surface area contributed by atoms with Crippen LogP contribution < -0.4 is 31.3 Å². The van der Waals surface area contributed by atoms with Gasteiger partial charge < -0.3 is 30.3 Å². The number of hydrogen-bond acceptors (Lipinski definition) is 8. The number of benzene rings is 2. The van der Waals surface area contributed by atoms with E-state index in [0.717, 1.165) is 43.6 Å². The predicted octanol–water partition coefficient (Wildman–Crippen LogP) is 6.05. The highest BCUT2D eigenvalue weighted by Gasteiger charge is 2.30. The second-order valence-corrected chi connectivity index (χ2v) is 14.5. The third-order valence-electron chi connectivity index (χ3n) is 9.10. The van der Waals surface area contributed by atoms with Gasteiger partial charge in [0, 0.05) is 42.9 Å². The molecule has 1 aliphatic carbocycles. The first kappa shape index (κ1) is 37.2. The lowest BCUT2D eigenvalue weighted by atomic mass is 9.85. The zero-order valence-electron chi connectivity index (χ0n) is 30.5. The largest absolute Gasteiger partial charge is 0.492 e. The van der Waals surface area contributed by atoms with Crippen LogP contribution in [0.25, 0.3) is 0 Å². The summed E-state index contributed by atoms with van der Waals surface area (Å²) in [6, 6.07) is 18.2. The van der Waals surface area contributed by atoms with Gasteiger partial charge >= 0.3 is 6.03 Å². The van der Waals surface area contributed by atoms with E-state index in [4.69, 9.17) is 31.0 Å². The number of aliphatic imine (C=N–C) groups is 1. The fourth-order valence-corrected chi connectivity index (χ4v) is 6.07. The third kappa shape index (κ3) is 10.2. The molecule has 0 bridgehead atoms. The number of carbonyl (C=O) groups is 1. The number of nitrogens with zero attached hydrogens (tertiary/aromatic N) is 4. The van der Waals surface area contributed by atoms with Crippen molar-refractivity contribution < 1.29 is 14.3 Å². The van der Waals surface area contributed by atoms with Crippen LogP contribution in [0.15, 0.2) is 83.6 Å². The fourth-order valence-electron chi connectivity index (χ4n) is 6.07. The summed E-state index contributed by atoms with van der Waals surface area (Å²) in [7, 11) is 3.99. The summed E-state index contributed by atoms with van der Waals surface area (Å²) in [4.78, 5) is 22.4. The Kier molecular flexibility index (Phi) is 12.2. The minimum absolute atomic E-state index is 0.236. The van der Waals surface area contributed by atoms with Gasteiger partial charge in [-0.15, -0.1) is 0 Å². The average Bonchev–Trinajstić information content (AvgIpc) is 3.09. The van der Waals surface area contributed by atoms with E-state index >= 15 is 0 Å². The minimum atomic E-state index is -0.396. The Morgan fingerprint density at radius 2 is 1.76 bits per heavy atom. The number of urea groups is 1. The number of ether oxygens (including phenoxy) is 2. The number of piperidine rings is 1. The summed E-state index contributed by atoms with van der Waals surface area (Å²) < 4.78 is 14.0. The first-order valence-electron chi connectivity index (χ1n) is 17.8. The molecule has 12 heteroatoms. The molecule has 0 spiro atoms. The molecule has 0 radical (unpaired) electrons. The van der Waals surface area contributed by atoms with Crippen LogP contribution in [-0.4, -0.2) is 72.5 Å². The molecule has 1 saturated heterocycles. The SMILES string of the molecule is CN(C)CCOc1cccc(N=C(/C=C(\N)C(C)(C)C)NC(=O)N[C@H]2CC[C@@H](Oc3ccc(=N)n(C(=N)N4CCCCC4)c3)c3ccccc32)c1. The van der Waals surface area contributed by atoms with Crippen molar-refractivity contribution in [2.45, 2.75) is 65.0 Å². The number of pyridine rings is 1. The zero-order valence-corrected chi connectivity index (χ0v) is 30.5. The van der Waals surface area contributed by atoms with Crippen molar-refractivity contribution in [3.8, 4) is 11.5 Å². The minimum Gasteiger partial charge on any atom is -0.492 e. The van der Waals surface area contributed by atoms with Crippen molar-refractivity contribution in [3.63, 3.8) is 0 Å². The number of carbonyl (C=O) groups excluding carboxylic acids is 1. The molecule has 1 aromatic heterocycles. The number of allylic oxidation sites excluding steroid dienone is 1. The van der Waals surface area contributed by atoms with Crippen molar-refractivity contribution in [2.75, 3.05) is 40.3 Å². The quantitative estimate of drug-likeness (QED) is 0.136. The monoisotopic (exact) mass is 695 g/mol. The second kappa shape index (κ2) is 16.7. The topological polar surface area (TPSA) is 157 Å². The summed E-state index contributed by atoms with van der Waals surface area (Å²) >= 11 is 0. The highest BCUT2D eigenvalue weighted by molar-refractivity contribution is 6.05. The van der Waals surface area contributed by atoms with Crippen LogP contribution in [0.4, 0.5) is 10.5 Å². The first-order chi connectivity index (χ1) is 24.4. The lowest BCUT2D eigenvalue weighted by Crippen LogP contribution is -2.43. The van der Waals surface area contributed by atoms with Crippen molar-refractivity contribution in [2.24, 2.45) is 16.1 Å². The van der Waals surface area contributed by atoms with E-state index in [9.17, 15) is 4.79 Å². The van der Waals surface area contributed by atoms with Crippen LogP contribution in [-0.2, 0) is 0 Å². The number of amides is 2. The molecule has 2 atom stereocenters. The standard InChI is InChI=1S/C39H53N9O3/c1-39(2,3)34(40)25-36(43-27-12-11-13-28(24-27)50-23-22-46(4)5)45-38(49)44-32-17-18-33(31-15-8-7-14-30(31)32)51-29-16-19-35(41)48(26-29)37(42)47-20-9-6-10-21-47/h7-8,11-16,19,24-26,32-33,41-42H,6,9-10,17-18,20-23,40H2,1-5H3,(H2,43,44,45,49)/b34-25-,41-35?,42-37?/t32-,33+/m0/s1. The van der Waals surface area contributed by atoms with Crippen LogP contribution >= 0.6 is 0 Å².